The van der Waals surface area contributed by atoms with Crippen LogP contribution in [0.3, 0.4) is 0 Å². The molecule has 0 amide bonds. The lowest BCUT2D eigenvalue weighted by atomic mass is 9.94. The van der Waals surface area contributed by atoms with E-state index in [0.717, 1.165) is 16.7 Å². The van der Waals surface area contributed by atoms with Gasteiger partial charge in [-0.2, -0.15) is 0 Å². The number of Topliss-reactive ketones (excluding diaryl/α,β-unsaturated/α-hetero) is 2. The zero-order valence-electron chi connectivity index (χ0n) is 12.9. The van der Waals surface area contributed by atoms with Gasteiger partial charge < -0.3 is 0 Å². The van der Waals surface area contributed by atoms with Crippen LogP contribution in [0.5, 0.6) is 0 Å². The maximum atomic E-state index is 13.0. The molecule has 0 heterocycles. The molecular weight excluding hydrogens is 296 g/mol. The molecule has 0 N–H and O–H groups in total. The zero-order valence-corrected chi connectivity index (χ0v) is 12.9. The monoisotopic (exact) mass is 310 g/mol. The summed E-state index contributed by atoms with van der Waals surface area (Å²) >= 11 is 0. The quantitative estimate of drug-likeness (QED) is 0.524. The van der Waals surface area contributed by atoms with Crippen molar-refractivity contribution in [3.8, 4) is 0 Å². The van der Waals surface area contributed by atoms with Crippen molar-refractivity contribution in [2.24, 2.45) is 0 Å². The van der Waals surface area contributed by atoms with Crippen LogP contribution in [0.2, 0.25) is 0 Å². The molecule has 0 aromatic heterocycles. The molecule has 0 fully saturated rings. The number of allylic oxidation sites excluding steroid dienone is 1. The average molecular weight is 310 g/mol. The topological polar surface area (TPSA) is 34.1 Å². The van der Waals surface area contributed by atoms with Gasteiger partial charge in [0.15, 0.2) is 11.6 Å². The molecule has 0 unspecified atom stereocenters. The van der Waals surface area contributed by atoms with Crippen LogP contribution >= 0.6 is 0 Å². The molecule has 114 valence electrons. The predicted molar refractivity (Wildman–Crippen MR) is 94.0 cm³/mol. The molecule has 2 nitrogen and oxygen atoms in total. The fraction of sp³-hybridized carbons (Fsp3) is 0. The third-order valence-electron chi connectivity index (χ3n) is 4.24. The largest absolute Gasteiger partial charge is 0.288 e. The lowest BCUT2D eigenvalue weighted by Gasteiger charge is -2.07. The first-order chi connectivity index (χ1) is 11.8. The Balaban J connectivity index is 1.97. The molecule has 4 rings (SSSR count). The van der Waals surface area contributed by atoms with Gasteiger partial charge >= 0.3 is 0 Å². The van der Waals surface area contributed by atoms with Crippen molar-refractivity contribution in [3.63, 3.8) is 0 Å². The van der Waals surface area contributed by atoms with Crippen molar-refractivity contribution >= 4 is 17.1 Å². The van der Waals surface area contributed by atoms with Gasteiger partial charge in [-0.15, -0.1) is 0 Å². The fourth-order valence-corrected chi connectivity index (χ4v) is 3.14. The summed E-state index contributed by atoms with van der Waals surface area (Å²) in [5.74, 6) is -0.422. The van der Waals surface area contributed by atoms with Crippen LogP contribution in [0, 0.1) is 0 Å². The summed E-state index contributed by atoms with van der Waals surface area (Å²) in [7, 11) is 0. The number of hydrogen-bond donors (Lipinski definition) is 0. The van der Waals surface area contributed by atoms with Crippen LogP contribution in [-0.4, -0.2) is 11.6 Å². The minimum atomic E-state index is -0.226. The molecule has 0 radical (unpaired) electrons. The number of rotatable bonds is 3. The van der Waals surface area contributed by atoms with E-state index in [1.165, 1.54) is 0 Å². The second-order valence-corrected chi connectivity index (χ2v) is 5.69. The molecule has 0 saturated carbocycles. The second-order valence-electron chi connectivity index (χ2n) is 5.69. The van der Waals surface area contributed by atoms with E-state index in [1.807, 2.05) is 66.7 Å². The van der Waals surface area contributed by atoms with E-state index in [0.29, 0.717) is 11.1 Å². The van der Waals surface area contributed by atoms with Gasteiger partial charge in [-0.05, 0) is 11.1 Å². The van der Waals surface area contributed by atoms with Gasteiger partial charge in [0, 0.05) is 16.7 Å². The van der Waals surface area contributed by atoms with E-state index in [9.17, 15) is 9.59 Å². The molecule has 24 heavy (non-hydrogen) atoms. The molecule has 0 saturated heterocycles. The SMILES string of the molecule is O=C(C1=C(c2ccccc2)c2ccccc2C1=O)c1ccccc1. The number of carbonyl (C=O) groups is 2. The van der Waals surface area contributed by atoms with Crippen LogP contribution in [0.4, 0.5) is 0 Å². The number of hydrogen-bond acceptors (Lipinski definition) is 2. The Morgan fingerprint density at radius 2 is 1.17 bits per heavy atom. The van der Waals surface area contributed by atoms with Crippen LogP contribution in [-0.2, 0) is 0 Å². The predicted octanol–water partition coefficient (Wildman–Crippen LogP) is 4.57. The summed E-state index contributed by atoms with van der Waals surface area (Å²) in [6.07, 6.45) is 0. The van der Waals surface area contributed by atoms with Gasteiger partial charge in [-0.1, -0.05) is 84.9 Å². The Kier molecular flexibility index (Phi) is 3.43. The number of carbonyl (C=O) groups excluding carboxylic acids is 2. The first kappa shape index (κ1) is 14.3. The first-order valence-corrected chi connectivity index (χ1v) is 7.81. The Bertz CT molecular complexity index is 967. The van der Waals surface area contributed by atoms with Crippen molar-refractivity contribution in [3.05, 3.63) is 113 Å². The number of ketones is 2. The summed E-state index contributed by atoms with van der Waals surface area (Å²) in [6, 6.07) is 26.0. The normalized spacial score (nSPS) is 13.1. The maximum absolute atomic E-state index is 13.0. The summed E-state index contributed by atoms with van der Waals surface area (Å²) in [4.78, 5) is 25.9. The van der Waals surface area contributed by atoms with Crippen LogP contribution in [0.1, 0.15) is 31.8 Å². The summed E-state index contributed by atoms with van der Waals surface area (Å²) in [5, 5.41) is 0. The zero-order chi connectivity index (χ0) is 16.5. The molecular formula is C22H14O2. The lowest BCUT2D eigenvalue weighted by Crippen LogP contribution is -2.11. The van der Waals surface area contributed by atoms with E-state index < -0.39 is 0 Å². The highest BCUT2D eigenvalue weighted by Crippen LogP contribution is 2.38. The van der Waals surface area contributed by atoms with Crippen LogP contribution in [0.15, 0.2) is 90.5 Å². The average Bonchev–Trinajstić information content (AvgIpc) is 2.95. The van der Waals surface area contributed by atoms with Crippen molar-refractivity contribution in [1.82, 2.24) is 0 Å². The standard InChI is InChI=1S/C22H14O2/c23-21(16-11-5-2-6-12-16)20-19(15-9-3-1-4-10-15)17-13-7-8-14-18(17)22(20)24/h1-14H. The van der Waals surface area contributed by atoms with Crippen molar-refractivity contribution in [2.45, 2.75) is 0 Å². The van der Waals surface area contributed by atoms with Crippen LogP contribution < -0.4 is 0 Å². The van der Waals surface area contributed by atoms with Gasteiger partial charge in [0.25, 0.3) is 0 Å². The molecule has 0 bridgehead atoms. The molecule has 3 aromatic rings. The van der Waals surface area contributed by atoms with Gasteiger partial charge in [-0.3, -0.25) is 9.59 Å². The summed E-state index contributed by atoms with van der Waals surface area (Å²) < 4.78 is 0. The number of benzene rings is 3. The molecule has 0 aliphatic heterocycles. The van der Waals surface area contributed by atoms with Gasteiger partial charge in [0.1, 0.15) is 0 Å². The Labute approximate surface area is 140 Å². The van der Waals surface area contributed by atoms with Gasteiger partial charge in [0.2, 0.25) is 0 Å². The van der Waals surface area contributed by atoms with Crippen molar-refractivity contribution in [2.75, 3.05) is 0 Å². The van der Waals surface area contributed by atoms with E-state index in [4.69, 9.17) is 0 Å². The smallest absolute Gasteiger partial charge is 0.198 e. The lowest BCUT2D eigenvalue weighted by molar-refractivity contribution is 0.0967. The third-order valence-corrected chi connectivity index (χ3v) is 4.24. The minimum absolute atomic E-state index is 0.196. The van der Waals surface area contributed by atoms with E-state index >= 15 is 0 Å². The van der Waals surface area contributed by atoms with E-state index in [1.54, 1.807) is 18.2 Å². The molecule has 3 aromatic carbocycles. The second kappa shape index (κ2) is 5.74. The van der Waals surface area contributed by atoms with Gasteiger partial charge in [-0.25, -0.2) is 0 Å². The molecule has 0 atom stereocenters. The summed E-state index contributed by atoms with van der Waals surface area (Å²) in [6.45, 7) is 0. The highest BCUT2D eigenvalue weighted by Gasteiger charge is 2.34. The maximum Gasteiger partial charge on any atom is 0.198 e. The Morgan fingerprint density at radius 1 is 0.625 bits per heavy atom. The molecule has 1 aliphatic carbocycles. The van der Waals surface area contributed by atoms with Crippen LogP contribution in [0.25, 0.3) is 5.57 Å². The van der Waals surface area contributed by atoms with E-state index in [-0.39, 0.29) is 17.1 Å². The minimum Gasteiger partial charge on any atom is -0.288 e. The number of fused-ring (bicyclic) bond motifs is 1. The highest BCUT2D eigenvalue weighted by atomic mass is 16.1. The molecule has 1 aliphatic rings. The molecule has 0 spiro atoms. The highest BCUT2D eigenvalue weighted by molar-refractivity contribution is 6.39. The molecule has 2 heteroatoms. The van der Waals surface area contributed by atoms with E-state index in [2.05, 4.69) is 0 Å². The van der Waals surface area contributed by atoms with Crippen molar-refractivity contribution < 1.29 is 9.59 Å². The fourth-order valence-electron chi connectivity index (χ4n) is 3.14. The Hall–Kier alpha value is -3.26. The summed E-state index contributed by atoms with van der Waals surface area (Å²) in [5.41, 5.74) is 3.82. The first-order valence-electron chi connectivity index (χ1n) is 7.81. The van der Waals surface area contributed by atoms with Crippen molar-refractivity contribution in [1.29, 1.82) is 0 Å². The Morgan fingerprint density at radius 3 is 1.83 bits per heavy atom. The van der Waals surface area contributed by atoms with Gasteiger partial charge in [0.05, 0.1) is 5.57 Å². The third kappa shape index (κ3) is 2.20.